The normalized spacial score (nSPS) is 19.2. The van der Waals surface area contributed by atoms with Crippen molar-refractivity contribution in [1.82, 2.24) is 0 Å². The van der Waals surface area contributed by atoms with Gasteiger partial charge in [0.05, 0.1) is 26.7 Å². The van der Waals surface area contributed by atoms with E-state index in [1.54, 1.807) is 24.3 Å². The van der Waals surface area contributed by atoms with Crippen LogP contribution in [0.15, 0.2) is 36.4 Å². The average Bonchev–Trinajstić information content (AvgIpc) is 2.95. The van der Waals surface area contributed by atoms with Crippen LogP contribution in [0.25, 0.3) is 0 Å². The van der Waals surface area contributed by atoms with Crippen molar-refractivity contribution in [3.63, 3.8) is 0 Å². The van der Waals surface area contributed by atoms with E-state index < -0.39 is 0 Å². The predicted molar refractivity (Wildman–Crippen MR) is 94.7 cm³/mol. The number of esters is 1. The molecule has 0 radical (unpaired) electrons. The fourth-order valence-corrected chi connectivity index (χ4v) is 3.34. The Morgan fingerprint density at radius 1 is 0.962 bits per heavy atom. The molecule has 6 heteroatoms. The summed E-state index contributed by atoms with van der Waals surface area (Å²) >= 11 is 0. The van der Waals surface area contributed by atoms with E-state index in [4.69, 9.17) is 14.2 Å². The quantitative estimate of drug-likeness (QED) is 0.773. The molecule has 1 heterocycles. The zero-order valence-corrected chi connectivity index (χ0v) is 14.8. The highest BCUT2D eigenvalue weighted by Gasteiger charge is 2.37. The first-order chi connectivity index (χ1) is 12.5. The van der Waals surface area contributed by atoms with Crippen LogP contribution in [0.4, 0.5) is 0 Å². The molecule has 2 N–H and O–H groups in total. The van der Waals surface area contributed by atoms with Gasteiger partial charge in [-0.05, 0) is 48.2 Å². The minimum atomic E-state index is -0.299. The highest BCUT2D eigenvalue weighted by atomic mass is 16.5. The number of cyclic esters (lactones) is 1. The van der Waals surface area contributed by atoms with Gasteiger partial charge in [0.2, 0.25) is 0 Å². The molecule has 2 aromatic carbocycles. The van der Waals surface area contributed by atoms with Crippen molar-refractivity contribution in [2.75, 3.05) is 20.8 Å². The Kier molecular flexibility index (Phi) is 5.21. The van der Waals surface area contributed by atoms with Crippen molar-refractivity contribution in [1.29, 1.82) is 0 Å². The Hall–Kier alpha value is -2.89. The van der Waals surface area contributed by atoms with E-state index in [2.05, 4.69) is 0 Å². The molecule has 0 aromatic heterocycles. The molecule has 138 valence electrons. The molecule has 3 rings (SSSR count). The minimum absolute atomic E-state index is 0.000426. The van der Waals surface area contributed by atoms with E-state index in [1.165, 1.54) is 14.2 Å². The van der Waals surface area contributed by atoms with Crippen LogP contribution in [-0.2, 0) is 22.4 Å². The molecule has 6 nitrogen and oxygen atoms in total. The number of benzene rings is 2. The van der Waals surface area contributed by atoms with Crippen LogP contribution in [0.3, 0.4) is 0 Å². The maximum absolute atomic E-state index is 12.2. The molecule has 1 fully saturated rings. The molecule has 2 atom stereocenters. The summed E-state index contributed by atoms with van der Waals surface area (Å²) in [6, 6.07) is 10.4. The van der Waals surface area contributed by atoms with E-state index in [0.29, 0.717) is 30.9 Å². The number of methoxy groups -OCH3 is 2. The maximum Gasteiger partial charge on any atom is 0.309 e. The van der Waals surface area contributed by atoms with Crippen molar-refractivity contribution >= 4 is 5.97 Å². The average molecular weight is 358 g/mol. The number of hydrogen-bond acceptors (Lipinski definition) is 6. The Balaban J connectivity index is 1.74. The number of hydrogen-bond donors (Lipinski definition) is 2. The van der Waals surface area contributed by atoms with Crippen molar-refractivity contribution in [3.8, 4) is 23.0 Å². The molecule has 1 aliphatic heterocycles. The molecule has 0 aliphatic carbocycles. The van der Waals surface area contributed by atoms with Crippen LogP contribution in [0.5, 0.6) is 23.0 Å². The Bertz CT molecular complexity index is 801. The SMILES string of the molecule is COc1ccc(CC2COC(=O)[C@@H]2Cc2ccc(OC)c(O)c2)cc1O. The van der Waals surface area contributed by atoms with Crippen LogP contribution in [-0.4, -0.2) is 37.0 Å². The van der Waals surface area contributed by atoms with E-state index in [1.807, 2.05) is 12.1 Å². The summed E-state index contributed by atoms with van der Waals surface area (Å²) in [5.41, 5.74) is 1.75. The van der Waals surface area contributed by atoms with Gasteiger partial charge in [-0.25, -0.2) is 0 Å². The fourth-order valence-electron chi connectivity index (χ4n) is 3.34. The Morgan fingerprint density at radius 2 is 1.50 bits per heavy atom. The summed E-state index contributed by atoms with van der Waals surface area (Å²) in [4.78, 5) is 12.2. The zero-order valence-electron chi connectivity index (χ0n) is 14.8. The first-order valence-electron chi connectivity index (χ1n) is 8.40. The molecule has 1 aliphatic rings. The number of rotatable bonds is 6. The smallest absolute Gasteiger partial charge is 0.309 e. The number of ether oxygens (including phenoxy) is 3. The van der Waals surface area contributed by atoms with Crippen LogP contribution in [0.2, 0.25) is 0 Å². The third-order valence-electron chi connectivity index (χ3n) is 4.75. The van der Waals surface area contributed by atoms with Crippen LogP contribution < -0.4 is 9.47 Å². The van der Waals surface area contributed by atoms with Crippen molar-refractivity contribution in [2.24, 2.45) is 11.8 Å². The molecule has 0 spiro atoms. The largest absolute Gasteiger partial charge is 0.504 e. The van der Waals surface area contributed by atoms with Crippen molar-refractivity contribution < 1.29 is 29.2 Å². The van der Waals surface area contributed by atoms with Gasteiger partial charge in [0.15, 0.2) is 23.0 Å². The predicted octanol–water partition coefficient (Wildman–Crippen LogP) is 2.69. The zero-order chi connectivity index (χ0) is 18.7. The third-order valence-corrected chi connectivity index (χ3v) is 4.75. The highest BCUT2D eigenvalue weighted by Crippen LogP contribution is 2.34. The number of phenolic OH excluding ortho intramolecular Hbond substituents is 2. The van der Waals surface area contributed by atoms with Gasteiger partial charge in [-0.1, -0.05) is 12.1 Å². The lowest BCUT2D eigenvalue weighted by Gasteiger charge is -2.16. The highest BCUT2D eigenvalue weighted by molar-refractivity contribution is 5.75. The van der Waals surface area contributed by atoms with Crippen LogP contribution in [0.1, 0.15) is 11.1 Å². The molecular formula is C20H22O6. The summed E-state index contributed by atoms with van der Waals surface area (Å²) in [6.07, 6.45) is 1.08. The van der Waals surface area contributed by atoms with Gasteiger partial charge in [0, 0.05) is 5.92 Å². The van der Waals surface area contributed by atoms with E-state index in [0.717, 1.165) is 11.1 Å². The summed E-state index contributed by atoms with van der Waals surface area (Å²) < 4.78 is 15.4. The maximum atomic E-state index is 12.2. The lowest BCUT2D eigenvalue weighted by molar-refractivity contribution is -0.141. The number of carbonyl (C=O) groups excluding carboxylic acids is 1. The molecule has 0 saturated carbocycles. The van der Waals surface area contributed by atoms with E-state index in [-0.39, 0.29) is 29.3 Å². The minimum Gasteiger partial charge on any atom is -0.504 e. The van der Waals surface area contributed by atoms with Gasteiger partial charge in [-0.3, -0.25) is 4.79 Å². The molecule has 0 amide bonds. The molecule has 0 bridgehead atoms. The Labute approximate surface area is 151 Å². The summed E-state index contributed by atoms with van der Waals surface area (Å²) in [7, 11) is 2.99. The lowest BCUT2D eigenvalue weighted by atomic mass is 9.85. The number of aromatic hydroxyl groups is 2. The second-order valence-electron chi connectivity index (χ2n) is 6.42. The summed E-state index contributed by atoms with van der Waals surface area (Å²) in [6.45, 7) is 0.346. The van der Waals surface area contributed by atoms with Crippen molar-refractivity contribution in [3.05, 3.63) is 47.5 Å². The van der Waals surface area contributed by atoms with Gasteiger partial charge in [-0.15, -0.1) is 0 Å². The van der Waals surface area contributed by atoms with E-state index >= 15 is 0 Å². The first-order valence-corrected chi connectivity index (χ1v) is 8.40. The second kappa shape index (κ2) is 7.56. The number of carbonyl (C=O) groups is 1. The second-order valence-corrected chi connectivity index (χ2v) is 6.42. The van der Waals surface area contributed by atoms with Gasteiger partial charge in [0.1, 0.15) is 0 Å². The van der Waals surface area contributed by atoms with Crippen molar-refractivity contribution in [2.45, 2.75) is 12.8 Å². The third kappa shape index (κ3) is 3.69. The van der Waals surface area contributed by atoms with Crippen LogP contribution >= 0.6 is 0 Å². The molecular weight excluding hydrogens is 336 g/mol. The molecule has 1 saturated heterocycles. The Morgan fingerprint density at radius 3 is 2.00 bits per heavy atom. The van der Waals surface area contributed by atoms with Gasteiger partial charge < -0.3 is 24.4 Å². The van der Waals surface area contributed by atoms with Gasteiger partial charge >= 0.3 is 5.97 Å². The number of phenols is 2. The first kappa shape index (κ1) is 17.9. The van der Waals surface area contributed by atoms with Gasteiger partial charge in [-0.2, -0.15) is 0 Å². The molecule has 1 unspecified atom stereocenters. The summed E-state index contributed by atoms with van der Waals surface area (Å²) in [5, 5.41) is 19.9. The van der Waals surface area contributed by atoms with Crippen LogP contribution in [0, 0.1) is 11.8 Å². The monoisotopic (exact) mass is 358 g/mol. The molecule has 2 aromatic rings. The standard InChI is InChI=1S/C20H22O6/c1-24-18-5-3-12(9-16(18)21)7-14-11-26-20(23)15(14)8-13-4-6-19(25-2)17(22)10-13/h3-6,9-10,14-15,21-22H,7-8,11H2,1-2H3/t14?,15-/m1/s1. The van der Waals surface area contributed by atoms with E-state index in [9.17, 15) is 15.0 Å². The summed E-state index contributed by atoms with van der Waals surface area (Å²) in [5.74, 6) is 0.403. The molecule has 26 heavy (non-hydrogen) atoms. The van der Waals surface area contributed by atoms with Gasteiger partial charge in [0.25, 0.3) is 0 Å². The fraction of sp³-hybridized carbons (Fsp3) is 0.350. The topological polar surface area (TPSA) is 85.2 Å². The lowest BCUT2D eigenvalue weighted by Crippen LogP contribution is -2.20.